The Morgan fingerprint density at radius 1 is 1.00 bits per heavy atom. The third-order valence-electron chi connectivity index (χ3n) is 5.29. The molecule has 1 aromatic heterocycles. The van der Waals surface area contributed by atoms with Crippen molar-refractivity contribution in [1.29, 1.82) is 0 Å². The summed E-state index contributed by atoms with van der Waals surface area (Å²) in [5.41, 5.74) is -0.558. The third-order valence-corrected chi connectivity index (χ3v) is 5.55. The summed E-state index contributed by atoms with van der Waals surface area (Å²) < 4.78 is 15.9. The number of amides is 1. The molecule has 1 amide bonds. The van der Waals surface area contributed by atoms with Crippen LogP contribution in [0.5, 0.6) is 11.5 Å². The van der Waals surface area contributed by atoms with Crippen LogP contribution in [0.15, 0.2) is 57.7 Å². The first-order chi connectivity index (χ1) is 15.5. The average molecular weight is 456 g/mol. The summed E-state index contributed by atoms with van der Waals surface area (Å²) in [5, 5.41) is 4.03. The maximum Gasteiger partial charge on any atom is 0.349 e. The Morgan fingerprint density at radius 3 is 2.47 bits per heavy atom. The molecule has 1 heterocycles. The van der Waals surface area contributed by atoms with Gasteiger partial charge in [0.25, 0.3) is 5.91 Å². The molecular weight excluding hydrogens is 434 g/mol. The molecule has 0 radical (unpaired) electrons. The van der Waals surface area contributed by atoms with Crippen molar-refractivity contribution < 1.29 is 23.5 Å². The summed E-state index contributed by atoms with van der Waals surface area (Å²) in [5.74, 6) is -0.368. The topological polar surface area (TPSA) is 94.8 Å². The minimum Gasteiger partial charge on any atom is -0.482 e. The minimum absolute atomic E-state index is 0.0378. The van der Waals surface area contributed by atoms with E-state index in [0.29, 0.717) is 16.2 Å². The van der Waals surface area contributed by atoms with Crippen LogP contribution >= 0.6 is 11.6 Å². The van der Waals surface area contributed by atoms with Gasteiger partial charge in [0, 0.05) is 22.5 Å². The van der Waals surface area contributed by atoms with Crippen molar-refractivity contribution >= 4 is 34.4 Å². The first kappa shape index (κ1) is 21.9. The molecule has 3 aromatic rings. The van der Waals surface area contributed by atoms with Crippen molar-refractivity contribution in [3.05, 3.63) is 69.5 Å². The second kappa shape index (κ2) is 9.87. The van der Waals surface area contributed by atoms with Gasteiger partial charge in [0.1, 0.15) is 22.6 Å². The maximum absolute atomic E-state index is 12.5. The molecule has 0 spiro atoms. The Kier molecular flexibility index (Phi) is 6.75. The summed E-state index contributed by atoms with van der Waals surface area (Å²) >= 11 is 5.81. The van der Waals surface area contributed by atoms with Gasteiger partial charge in [-0.2, -0.15) is 0 Å². The van der Waals surface area contributed by atoms with Gasteiger partial charge >= 0.3 is 11.6 Å². The van der Waals surface area contributed by atoms with Crippen LogP contribution in [0.1, 0.15) is 42.5 Å². The number of rotatable bonds is 6. The van der Waals surface area contributed by atoms with Crippen molar-refractivity contribution in [3.8, 4) is 11.5 Å². The van der Waals surface area contributed by atoms with Crippen LogP contribution in [-0.4, -0.2) is 24.5 Å². The van der Waals surface area contributed by atoms with Gasteiger partial charge in [-0.05, 0) is 55.3 Å². The molecule has 0 saturated heterocycles. The van der Waals surface area contributed by atoms with Gasteiger partial charge in [0.05, 0.1) is 0 Å². The number of fused-ring (bicyclic) bond motifs is 1. The summed E-state index contributed by atoms with van der Waals surface area (Å²) in [6.07, 6.45) is 5.15. The molecule has 4 rings (SSSR count). The molecule has 0 bridgehead atoms. The highest BCUT2D eigenvalue weighted by Gasteiger charge is 2.20. The van der Waals surface area contributed by atoms with E-state index in [4.69, 9.17) is 25.5 Å². The van der Waals surface area contributed by atoms with Crippen molar-refractivity contribution in [1.82, 2.24) is 5.32 Å². The van der Waals surface area contributed by atoms with Gasteiger partial charge in [-0.25, -0.2) is 9.59 Å². The number of carbonyl (C=O) groups excluding carboxylic acids is 2. The van der Waals surface area contributed by atoms with Gasteiger partial charge in [0.15, 0.2) is 6.61 Å². The van der Waals surface area contributed by atoms with Crippen LogP contribution in [-0.2, 0) is 4.79 Å². The first-order valence-corrected chi connectivity index (χ1v) is 10.8. The SMILES string of the molecule is O=C(COc1ccc(Cl)cc1)Oc1ccc2cc(C(=O)NC3CCCCC3)c(=O)oc2c1. The second-order valence-corrected chi connectivity index (χ2v) is 8.11. The lowest BCUT2D eigenvalue weighted by atomic mass is 9.95. The van der Waals surface area contributed by atoms with E-state index in [1.807, 2.05) is 0 Å². The van der Waals surface area contributed by atoms with Crippen LogP contribution < -0.4 is 20.4 Å². The Hall–Kier alpha value is -3.32. The summed E-state index contributed by atoms with van der Waals surface area (Å²) in [7, 11) is 0. The number of nitrogens with one attached hydrogen (secondary N) is 1. The number of benzene rings is 2. The highest BCUT2D eigenvalue weighted by Crippen LogP contribution is 2.22. The summed E-state index contributed by atoms with van der Waals surface area (Å²) in [6.45, 7) is -0.302. The van der Waals surface area contributed by atoms with Crippen LogP contribution in [0, 0.1) is 0 Å². The molecule has 0 unspecified atom stereocenters. The molecule has 1 saturated carbocycles. The maximum atomic E-state index is 12.5. The molecule has 0 atom stereocenters. The second-order valence-electron chi connectivity index (χ2n) is 7.67. The monoisotopic (exact) mass is 455 g/mol. The predicted octanol–water partition coefficient (Wildman–Crippen LogP) is 4.49. The van der Waals surface area contributed by atoms with E-state index in [9.17, 15) is 14.4 Å². The summed E-state index contributed by atoms with van der Waals surface area (Å²) in [6, 6.07) is 12.8. The molecule has 2 aromatic carbocycles. The third kappa shape index (κ3) is 5.48. The van der Waals surface area contributed by atoms with E-state index in [2.05, 4.69) is 5.32 Å². The molecule has 1 fully saturated rings. The molecule has 1 aliphatic carbocycles. The zero-order valence-corrected chi connectivity index (χ0v) is 18.0. The summed E-state index contributed by atoms with van der Waals surface area (Å²) in [4.78, 5) is 37.0. The van der Waals surface area contributed by atoms with Gasteiger partial charge in [-0.15, -0.1) is 0 Å². The number of ether oxygens (including phenoxy) is 2. The van der Waals surface area contributed by atoms with Gasteiger partial charge in [-0.1, -0.05) is 30.9 Å². The van der Waals surface area contributed by atoms with Gasteiger partial charge in [0.2, 0.25) is 0 Å². The number of carbonyl (C=O) groups is 2. The molecule has 1 aliphatic rings. The normalized spacial score (nSPS) is 14.2. The van der Waals surface area contributed by atoms with E-state index in [-0.39, 0.29) is 29.5 Å². The fraction of sp³-hybridized carbons (Fsp3) is 0.292. The van der Waals surface area contributed by atoms with Crippen LogP contribution in [0.2, 0.25) is 5.02 Å². The molecule has 0 aliphatic heterocycles. The van der Waals surface area contributed by atoms with Crippen molar-refractivity contribution in [2.24, 2.45) is 0 Å². The van der Waals surface area contributed by atoms with E-state index in [0.717, 1.165) is 25.7 Å². The molecule has 32 heavy (non-hydrogen) atoms. The quantitative estimate of drug-likeness (QED) is 0.334. The molecule has 8 heteroatoms. The highest BCUT2D eigenvalue weighted by molar-refractivity contribution is 6.30. The van der Waals surface area contributed by atoms with E-state index < -0.39 is 17.5 Å². The lowest BCUT2D eigenvalue weighted by Gasteiger charge is -2.22. The molecular formula is C24H22ClNO6. The zero-order valence-electron chi connectivity index (χ0n) is 17.3. The van der Waals surface area contributed by atoms with E-state index in [1.165, 1.54) is 18.6 Å². The first-order valence-electron chi connectivity index (χ1n) is 10.5. The van der Waals surface area contributed by atoms with E-state index in [1.54, 1.807) is 36.4 Å². The lowest BCUT2D eigenvalue weighted by molar-refractivity contribution is -0.136. The number of hydrogen-bond acceptors (Lipinski definition) is 6. The van der Waals surface area contributed by atoms with Crippen molar-refractivity contribution in [2.45, 2.75) is 38.1 Å². The smallest absolute Gasteiger partial charge is 0.349 e. The van der Waals surface area contributed by atoms with Crippen LogP contribution in [0.25, 0.3) is 11.0 Å². The molecule has 7 nitrogen and oxygen atoms in total. The molecule has 1 N–H and O–H groups in total. The Morgan fingerprint density at radius 2 is 1.72 bits per heavy atom. The minimum atomic E-state index is -0.736. The Balaban J connectivity index is 1.41. The largest absolute Gasteiger partial charge is 0.482 e. The number of halogens is 1. The van der Waals surface area contributed by atoms with Crippen molar-refractivity contribution in [3.63, 3.8) is 0 Å². The number of hydrogen-bond donors (Lipinski definition) is 1. The number of esters is 1. The van der Waals surface area contributed by atoms with Gasteiger partial charge < -0.3 is 19.2 Å². The zero-order chi connectivity index (χ0) is 22.5. The van der Waals surface area contributed by atoms with E-state index >= 15 is 0 Å². The lowest BCUT2D eigenvalue weighted by Crippen LogP contribution is -2.38. The van der Waals surface area contributed by atoms with Crippen LogP contribution in [0.3, 0.4) is 0 Å². The fourth-order valence-corrected chi connectivity index (χ4v) is 3.78. The average Bonchev–Trinajstić information content (AvgIpc) is 2.79. The predicted molar refractivity (Wildman–Crippen MR) is 119 cm³/mol. The molecule has 166 valence electrons. The van der Waals surface area contributed by atoms with Gasteiger partial charge in [-0.3, -0.25) is 4.79 Å². The van der Waals surface area contributed by atoms with Crippen LogP contribution in [0.4, 0.5) is 0 Å². The standard InChI is InChI=1S/C24H22ClNO6/c25-16-7-10-18(11-8-16)30-14-22(27)31-19-9-6-15-12-20(24(29)32-21(15)13-19)23(28)26-17-4-2-1-3-5-17/h6-13,17H,1-5,14H2,(H,26,28). The Bertz CT molecular complexity index is 1180. The fourth-order valence-electron chi connectivity index (χ4n) is 3.66. The van der Waals surface area contributed by atoms with Crippen molar-refractivity contribution in [2.75, 3.05) is 6.61 Å². The highest BCUT2D eigenvalue weighted by atomic mass is 35.5. The Labute approximate surface area is 189 Å².